The van der Waals surface area contributed by atoms with Crippen LogP contribution in [0.2, 0.25) is 10.0 Å². The second kappa shape index (κ2) is 11.1. The zero-order valence-corrected chi connectivity index (χ0v) is 25.1. The fourth-order valence-electron chi connectivity index (χ4n) is 6.20. The smallest absolute Gasteiger partial charge is 0.174 e. The van der Waals surface area contributed by atoms with E-state index in [-0.39, 0.29) is 12.1 Å². The number of halogens is 2. The predicted molar refractivity (Wildman–Crippen MR) is 168 cm³/mol. The minimum atomic E-state index is -0.271. The van der Waals surface area contributed by atoms with Crippen LogP contribution in [0.15, 0.2) is 77.3 Å². The molecule has 1 N–H and O–H groups in total. The van der Waals surface area contributed by atoms with E-state index in [1.807, 2.05) is 54.6 Å². The minimum Gasteiger partial charge on any atom is -0.459 e. The van der Waals surface area contributed by atoms with Crippen LogP contribution in [0.25, 0.3) is 11.3 Å². The van der Waals surface area contributed by atoms with Crippen molar-refractivity contribution in [3.8, 4) is 11.3 Å². The van der Waals surface area contributed by atoms with Gasteiger partial charge in [-0.1, -0.05) is 49.2 Å². The molecule has 5 nitrogen and oxygen atoms in total. The highest BCUT2D eigenvalue weighted by atomic mass is 35.5. The van der Waals surface area contributed by atoms with Crippen molar-refractivity contribution < 1.29 is 4.42 Å². The fraction of sp³-hybridized carbons (Fsp3) is 0.312. The molecule has 0 aliphatic carbocycles. The Morgan fingerprint density at radius 3 is 2.50 bits per heavy atom. The van der Waals surface area contributed by atoms with Crippen LogP contribution in [0.4, 0.5) is 11.4 Å². The lowest BCUT2D eigenvalue weighted by Gasteiger charge is -2.37. The van der Waals surface area contributed by atoms with Crippen molar-refractivity contribution in [1.82, 2.24) is 10.3 Å². The summed E-state index contributed by atoms with van der Waals surface area (Å²) in [5.74, 6) is 2.80. The van der Waals surface area contributed by atoms with Gasteiger partial charge in [-0.3, -0.25) is 4.98 Å². The summed E-state index contributed by atoms with van der Waals surface area (Å²) in [6, 6.07) is 21.5. The van der Waals surface area contributed by atoms with E-state index in [9.17, 15) is 0 Å². The average molecular weight is 592 g/mol. The maximum Gasteiger partial charge on any atom is 0.174 e. The van der Waals surface area contributed by atoms with Crippen LogP contribution in [0.1, 0.15) is 49.4 Å². The van der Waals surface area contributed by atoms with Crippen LogP contribution in [0, 0.1) is 18.8 Å². The second-order valence-electron chi connectivity index (χ2n) is 11.1. The normalized spacial score (nSPS) is 23.0. The third kappa shape index (κ3) is 5.20. The zero-order chi connectivity index (χ0) is 28.0. The number of aromatic nitrogens is 1. The molecule has 0 radical (unpaired) electrons. The standard InChI is InChI=1S/C32H32Cl2N4OS/c1-19-14-20(2)18-37(17-19)27-10-9-23(16-25(27)34)38-31(30(36-32(38)40)26-6-4-5-13-35-26)29-12-11-28(39-29)24-15-22(33)8-7-21(24)3/h4-13,15-16,19-20,30-31H,14,17-18H2,1-3H3,(H,36,40)/t19-,20+,30-,31+/m1/s1. The number of pyridine rings is 1. The van der Waals surface area contributed by atoms with Gasteiger partial charge in [-0.15, -0.1) is 0 Å². The van der Waals surface area contributed by atoms with Crippen LogP contribution in [-0.2, 0) is 0 Å². The van der Waals surface area contributed by atoms with Crippen LogP contribution < -0.4 is 15.1 Å². The van der Waals surface area contributed by atoms with Gasteiger partial charge in [-0.2, -0.15) is 0 Å². The molecule has 0 amide bonds. The van der Waals surface area contributed by atoms with Gasteiger partial charge < -0.3 is 19.5 Å². The van der Waals surface area contributed by atoms with E-state index in [0.29, 0.717) is 22.0 Å². The molecule has 206 valence electrons. The molecule has 2 aromatic carbocycles. The molecule has 2 aliphatic heterocycles. The number of aryl methyl sites for hydroxylation is 1. The Morgan fingerprint density at radius 2 is 1.77 bits per heavy atom. The van der Waals surface area contributed by atoms with Gasteiger partial charge in [0.1, 0.15) is 17.6 Å². The van der Waals surface area contributed by atoms with E-state index in [1.165, 1.54) is 6.42 Å². The molecule has 4 atom stereocenters. The molecule has 40 heavy (non-hydrogen) atoms. The summed E-state index contributed by atoms with van der Waals surface area (Å²) in [6.45, 7) is 8.69. The van der Waals surface area contributed by atoms with Crippen molar-refractivity contribution in [3.63, 3.8) is 0 Å². The summed E-state index contributed by atoms with van der Waals surface area (Å²) in [5, 5.41) is 5.49. The highest BCUT2D eigenvalue weighted by molar-refractivity contribution is 7.80. The van der Waals surface area contributed by atoms with Crippen molar-refractivity contribution in [3.05, 3.63) is 100.0 Å². The Labute approximate surface area is 251 Å². The van der Waals surface area contributed by atoms with Crippen LogP contribution in [0.3, 0.4) is 0 Å². The first-order valence-corrected chi connectivity index (χ1v) is 14.9. The SMILES string of the molecule is Cc1ccc(Cl)cc1-c1ccc([C@H]2[C@@H](c3ccccn3)NC(=S)N2c2ccc(N3C[C@H](C)C[C@H](C)C3)c(Cl)c2)o1. The van der Waals surface area contributed by atoms with Crippen LogP contribution in [-0.4, -0.2) is 23.2 Å². The molecule has 4 heterocycles. The van der Waals surface area contributed by atoms with Crippen molar-refractivity contribution in [2.24, 2.45) is 11.8 Å². The largest absolute Gasteiger partial charge is 0.459 e. The lowest BCUT2D eigenvalue weighted by molar-refractivity contribution is 0.357. The summed E-state index contributed by atoms with van der Waals surface area (Å²) in [7, 11) is 0. The third-order valence-electron chi connectivity index (χ3n) is 7.90. The second-order valence-corrected chi connectivity index (χ2v) is 12.4. The lowest BCUT2D eigenvalue weighted by Crippen LogP contribution is -2.38. The number of hydrogen-bond donors (Lipinski definition) is 1. The summed E-state index contributed by atoms with van der Waals surface area (Å²) in [4.78, 5) is 9.16. The molecule has 0 spiro atoms. The number of anilines is 2. The fourth-order valence-corrected chi connectivity index (χ4v) is 7.01. The molecule has 0 unspecified atom stereocenters. The molecule has 2 aliphatic rings. The molecule has 0 saturated carbocycles. The highest BCUT2D eigenvalue weighted by Gasteiger charge is 2.43. The van der Waals surface area contributed by atoms with E-state index in [0.717, 1.165) is 57.8 Å². The van der Waals surface area contributed by atoms with E-state index >= 15 is 0 Å². The molecule has 2 aromatic heterocycles. The molecule has 4 aromatic rings. The molecule has 8 heteroatoms. The first-order chi connectivity index (χ1) is 19.3. The number of benzene rings is 2. The number of nitrogens with zero attached hydrogens (tertiary/aromatic N) is 3. The number of furan rings is 1. The summed E-state index contributed by atoms with van der Waals surface area (Å²) >= 11 is 19.2. The number of thiocarbonyl (C=S) groups is 1. The molecular weight excluding hydrogens is 559 g/mol. The number of piperidine rings is 1. The van der Waals surface area contributed by atoms with Gasteiger partial charge in [0, 0.05) is 35.6 Å². The third-order valence-corrected chi connectivity index (χ3v) is 8.75. The topological polar surface area (TPSA) is 44.5 Å². The Bertz CT molecular complexity index is 1530. The van der Waals surface area contributed by atoms with Crippen molar-refractivity contribution >= 4 is 51.9 Å². The van der Waals surface area contributed by atoms with E-state index in [4.69, 9.17) is 39.8 Å². The van der Waals surface area contributed by atoms with E-state index < -0.39 is 0 Å². The molecule has 2 fully saturated rings. The van der Waals surface area contributed by atoms with Gasteiger partial charge in [0.2, 0.25) is 0 Å². The molecule has 2 saturated heterocycles. The summed E-state index contributed by atoms with van der Waals surface area (Å²) in [5.41, 5.74) is 4.91. The van der Waals surface area contributed by atoms with Gasteiger partial charge in [0.15, 0.2) is 5.11 Å². The number of hydrogen-bond acceptors (Lipinski definition) is 4. The zero-order valence-electron chi connectivity index (χ0n) is 22.8. The summed E-state index contributed by atoms with van der Waals surface area (Å²) in [6.07, 6.45) is 3.05. The Kier molecular flexibility index (Phi) is 7.51. The van der Waals surface area contributed by atoms with Gasteiger partial charge in [-0.05, 0) is 97.6 Å². The molecule has 0 bridgehead atoms. The van der Waals surface area contributed by atoms with Gasteiger partial charge in [-0.25, -0.2) is 0 Å². The maximum absolute atomic E-state index is 6.97. The quantitative estimate of drug-likeness (QED) is 0.235. The van der Waals surface area contributed by atoms with Crippen LogP contribution in [0.5, 0.6) is 0 Å². The number of rotatable bonds is 5. The van der Waals surface area contributed by atoms with Crippen molar-refractivity contribution in [2.45, 2.75) is 39.3 Å². The Morgan fingerprint density at radius 1 is 0.975 bits per heavy atom. The predicted octanol–water partition coefficient (Wildman–Crippen LogP) is 8.62. The number of nitrogens with one attached hydrogen (secondary N) is 1. The van der Waals surface area contributed by atoms with E-state index in [2.05, 4.69) is 53.0 Å². The van der Waals surface area contributed by atoms with Crippen molar-refractivity contribution in [1.29, 1.82) is 0 Å². The van der Waals surface area contributed by atoms with Gasteiger partial charge in [0.05, 0.1) is 22.4 Å². The molecular formula is C32H32Cl2N4OS. The van der Waals surface area contributed by atoms with Crippen LogP contribution >= 0.6 is 35.4 Å². The minimum absolute atomic E-state index is 0.213. The average Bonchev–Trinajstić information content (AvgIpc) is 3.54. The van der Waals surface area contributed by atoms with Gasteiger partial charge in [0.25, 0.3) is 0 Å². The monoisotopic (exact) mass is 590 g/mol. The van der Waals surface area contributed by atoms with E-state index in [1.54, 1.807) is 6.20 Å². The van der Waals surface area contributed by atoms with Crippen molar-refractivity contribution in [2.75, 3.05) is 22.9 Å². The van der Waals surface area contributed by atoms with Gasteiger partial charge >= 0.3 is 0 Å². The molecule has 6 rings (SSSR count). The maximum atomic E-state index is 6.97. The highest BCUT2D eigenvalue weighted by Crippen LogP contribution is 2.45. The first-order valence-electron chi connectivity index (χ1n) is 13.7. The first kappa shape index (κ1) is 27.1. The Balaban J connectivity index is 1.39. The summed E-state index contributed by atoms with van der Waals surface area (Å²) < 4.78 is 6.55. The lowest BCUT2D eigenvalue weighted by atomic mass is 9.91. The Hall–Kier alpha value is -3.06.